The zero-order chi connectivity index (χ0) is 18.8. The first-order valence-corrected chi connectivity index (χ1v) is 12.0. The molecular weight excluding hydrogens is 362 g/mol. The van der Waals surface area contributed by atoms with Crippen molar-refractivity contribution in [1.29, 1.82) is 0 Å². The minimum absolute atomic E-state index is 0.203. The molecule has 1 unspecified atom stereocenters. The van der Waals surface area contributed by atoms with Gasteiger partial charge < -0.3 is 4.90 Å². The van der Waals surface area contributed by atoms with Gasteiger partial charge in [-0.15, -0.1) is 11.8 Å². The van der Waals surface area contributed by atoms with Gasteiger partial charge in [0.2, 0.25) is 0 Å². The molecule has 0 saturated carbocycles. The van der Waals surface area contributed by atoms with Gasteiger partial charge in [-0.05, 0) is 48.4 Å². The van der Waals surface area contributed by atoms with Crippen LogP contribution in [0.2, 0.25) is 0 Å². The number of nitrogens with zero attached hydrogens (tertiary/aromatic N) is 1. The fourth-order valence-corrected chi connectivity index (χ4v) is 6.25. The Bertz CT molecular complexity index is 865. The Morgan fingerprint density at radius 2 is 1.88 bits per heavy atom. The Labute approximate surface area is 161 Å². The molecule has 0 radical (unpaired) electrons. The first-order chi connectivity index (χ1) is 12.4. The van der Waals surface area contributed by atoms with Crippen LogP contribution >= 0.6 is 11.8 Å². The molecule has 2 aromatic rings. The van der Waals surface area contributed by atoms with Crippen LogP contribution < -0.4 is 4.90 Å². The lowest BCUT2D eigenvalue weighted by molar-refractivity contribution is 0.338. The summed E-state index contributed by atoms with van der Waals surface area (Å²) in [4.78, 5) is 3.74. The lowest BCUT2D eigenvalue weighted by atomic mass is 9.86. The van der Waals surface area contributed by atoms with E-state index in [1.54, 1.807) is 17.8 Å². The van der Waals surface area contributed by atoms with Crippen LogP contribution in [0.15, 0.2) is 58.3 Å². The van der Waals surface area contributed by atoms with Crippen molar-refractivity contribution in [3.05, 3.63) is 48.5 Å². The molecule has 26 heavy (non-hydrogen) atoms. The highest BCUT2D eigenvalue weighted by molar-refractivity contribution is 7.98. The van der Waals surface area contributed by atoms with Crippen molar-refractivity contribution >= 4 is 33.0 Å². The van der Waals surface area contributed by atoms with Gasteiger partial charge in [0, 0.05) is 17.1 Å². The van der Waals surface area contributed by atoms with Crippen LogP contribution in [0.4, 0.5) is 11.4 Å². The maximum absolute atomic E-state index is 13.2. The topological polar surface area (TPSA) is 37.4 Å². The third kappa shape index (κ3) is 3.94. The van der Waals surface area contributed by atoms with Crippen LogP contribution in [0.25, 0.3) is 0 Å². The van der Waals surface area contributed by atoms with E-state index in [4.69, 9.17) is 0 Å². The molecule has 0 saturated heterocycles. The Morgan fingerprint density at radius 1 is 1.15 bits per heavy atom. The van der Waals surface area contributed by atoms with Crippen molar-refractivity contribution in [2.45, 2.75) is 42.9 Å². The zero-order valence-corrected chi connectivity index (χ0v) is 17.4. The van der Waals surface area contributed by atoms with Gasteiger partial charge in [0.05, 0.1) is 16.3 Å². The van der Waals surface area contributed by atoms with Crippen LogP contribution in [0.1, 0.15) is 33.1 Å². The third-order valence-electron chi connectivity index (χ3n) is 5.07. The summed E-state index contributed by atoms with van der Waals surface area (Å²) in [7, 11) is -3.33. The summed E-state index contributed by atoms with van der Waals surface area (Å²) < 4.78 is 26.4. The molecule has 1 aliphatic heterocycles. The summed E-state index contributed by atoms with van der Waals surface area (Å²) >= 11 is 1.64. The first-order valence-electron chi connectivity index (χ1n) is 9.12. The Kier molecular flexibility index (Phi) is 5.68. The van der Waals surface area contributed by atoms with E-state index in [0.717, 1.165) is 35.5 Å². The van der Waals surface area contributed by atoms with Crippen LogP contribution in [-0.2, 0) is 9.84 Å². The van der Waals surface area contributed by atoms with Crippen LogP contribution in [0, 0.1) is 5.41 Å². The molecule has 1 heterocycles. The molecule has 0 amide bonds. The number of sulfone groups is 1. The summed E-state index contributed by atoms with van der Waals surface area (Å²) in [5.74, 6) is 0.203. The predicted octanol–water partition coefficient (Wildman–Crippen LogP) is 5.53. The summed E-state index contributed by atoms with van der Waals surface area (Å²) in [6.07, 6.45) is 5.05. The first kappa shape index (κ1) is 19.3. The number of para-hydroxylation sites is 1. The SMILES string of the molecule is CCCCC1(C)CN(c2ccccc2)c2cc(SC)ccc2S(=O)(=O)C1. The standard InChI is InChI=1S/C21H27NO2S2/c1-4-5-13-21(2)15-22(17-9-7-6-8-10-17)19-14-18(25-3)11-12-20(19)26(23,24)16-21/h6-12,14H,4-5,13,15-16H2,1-3H3. The summed E-state index contributed by atoms with van der Waals surface area (Å²) in [5.41, 5.74) is 1.58. The lowest BCUT2D eigenvalue weighted by Gasteiger charge is -2.34. The van der Waals surface area contributed by atoms with Crippen molar-refractivity contribution < 1.29 is 8.42 Å². The molecule has 140 valence electrons. The van der Waals surface area contributed by atoms with Crippen LogP contribution in [-0.4, -0.2) is 27.0 Å². The summed E-state index contributed by atoms with van der Waals surface area (Å²) in [6.45, 7) is 4.99. The highest BCUT2D eigenvalue weighted by Crippen LogP contribution is 2.43. The van der Waals surface area contributed by atoms with Gasteiger partial charge in [0.25, 0.3) is 0 Å². The van der Waals surface area contributed by atoms with Gasteiger partial charge in [-0.1, -0.05) is 44.9 Å². The average Bonchev–Trinajstić information content (AvgIpc) is 2.72. The number of thioether (sulfide) groups is 1. The summed E-state index contributed by atoms with van der Waals surface area (Å²) in [6, 6.07) is 15.9. The van der Waals surface area contributed by atoms with E-state index in [9.17, 15) is 8.42 Å². The van der Waals surface area contributed by atoms with E-state index >= 15 is 0 Å². The molecule has 1 atom stereocenters. The Hall–Kier alpha value is -1.46. The monoisotopic (exact) mass is 389 g/mol. The second kappa shape index (κ2) is 7.65. The molecule has 0 fully saturated rings. The second-order valence-electron chi connectivity index (χ2n) is 7.43. The van der Waals surface area contributed by atoms with Crippen LogP contribution in [0.3, 0.4) is 0 Å². The van der Waals surface area contributed by atoms with Crippen molar-refractivity contribution in [2.24, 2.45) is 5.41 Å². The second-order valence-corrected chi connectivity index (χ2v) is 10.3. The summed E-state index contributed by atoms with van der Waals surface area (Å²) in [5, 5.41) is 0. The Balaban J connectivity index is 2.19. The minimum atomic E-state index is -3.33. The highest BCUT2D eigenvalue weighted by atomic mass is 32.2. The number of rotatable bonds is 5. The van der Waals surface area contributed by atoms with E-state index in [1.807, 2.05) is 36.6 Å². The molecular formula is C21H27NO2S2. The molecule has 2 aromatic carbocycles. The van der Waals surface area contributed by atoms with Gasteiger partial charge in [-0.2, -0.15) is 0 Å². The van der Waals surface area contributed by atoms with Crippen molar-refractivity contribution in [1.82, 2.24) is 0 Å². The number of anilines is 2. The van der Waals surface area contributed by atoms with Crippen molar-refractivity contribution in [3.63, 3.8) is 0 Å². The molecule has 0 bridgehead atoms. The molecule has 1 aliphatic rings. The fraction of sp³-hybridized carbons (Fsp3) is 0.429. The minimum Gasteiger partial charge on any atom is -0.340 e. The van der Waals surface area contributed by atoms with Gasteiger partial charge in [0.1, 0.15) is 0 Å². The quantitative estimate of drug-likeness (QED) is 0.630. The molecule has 3 rings (SSSR count). The number of hydrogen-bond donors (Lipinski definition) is 0. The van der Waals surface area contributed by atoms with Crippen molar-refractivity contribution in [2.75, 3.05) is 23.5 Å². The molecule has 0 aromatic heterocycles. The molecule has 0 spiro atoms. The third-order valence-corrected chi connectivity index (χ3v) is 7.89. The maximum Gasteiger partial charge on any atom is 0.181 e. The smallest absolute Gasteiger partial charge is 0.181 e. The predicted molar refractivity (Wildman–Crippen MR) is 111 cm³/mol. The number of fused-ring (bicyclic) bond motifs is 1. The van der Waals surface area contributed by atoms with E-state index in [1.165, 1.54) is 0 Å². The van der Waals surface area contributed by atoms with Gasteiger partial charge in [-0.3, -0.25) is 0 Å². The van der Waals surface area contributed by atoms with E-state index in [0.29, 0.717) is 11.4 Å². The average molecular weight is 390 g/mol. The zero-order valence-electron chi connectivity index (χ0n) is 15.7. The van der Waals surface area contributed by atoms with Gasteiger partial charge in [0.15, 0.2) is 9.84 Å². The Morgan fingerprint density at radius 3 is 2.54 bits per heavy atom. The van der Waals surface area contributed by atoms with Crippen LogP contribution in [0.5, 0.6) is 0 Å². The van der Waals surface area contributed by atoms with E-state index in [-0.39, 0.29) is 11.2 Å². The number of hydrogen-bond acceptors (Lipinski definition) is 4. The van der Waals surface area contributed by atoms with Crippen molar-refractivity contribution in [3.8, 4) is 0 Å². The van der Waals surface area contributed by atoms with Gasteiger partial charge in [-0.25, -0.2) is 8.42 Å². The van der Waals surface area contributed by atoms with E-state index in [2.05, 4.69) is 30.9 Å². The lowest BCUT2D eigenvalue weighted by Crippen LogP contribution is -2.35. The number of unbranched alkanes of at least 4 members (excludes halogenated alkanes) is 1. The van der Waals surface area contributed by atoms with E-state index < -0.39 is 9.84 Å². The molecule has 3 nitrogen and oxygen atoms in total. The largest absolute Gasteiger partial charge is 0.340 e. The highest BCUT2D eigenvalue weighted by Gasteiger charge is 2.39. The van der Waals surface area contributed by atoms with Gasteiger partial charge >= 0.3 is 0 Å². The number of benzene rings is 2. The molecule has 0 aliphatic carbocycles. The molecule has 0 N–H and O–H groups in total. The normalized spacial score (nSPS) is 21.9. The molecule has 5 heteroatoms. The fourth-order valence-electron chi connectivity index (χ4n) is 3.74. The maximum atomic E-state index is 13.2.